The van der Waals surface area contributed by atoms with Gasteiger partial charge in [-0.2, -0.15) is 5.10 Å². The van der Waals surface area contributed by atoms with Crippen LogP contribution in [0.5, 0.6) is 0 Å². The van der Waals surface area contributed by atoms with E-state index in [1.165, 1.54) is 17.0 Å². The highest BCUT2D eigenvalue weighted by atomic mass is 16.6. The number of benzene rings is 1. The normalized spacial score (nSPS) is 13.9. The molecule has 0 radical (unpaired) electrons. The minimum Gasteiger partial charge on any atom is -0.336 e. The molecule has 2 aromatic rings. The molecule has 1 heterocycles. The lowest BCUT2D eigenvalue weighted by atomic mass is 10.2. The van der Waals surface area contributed by atoms with Gasteiger partial charge >= 0.3 is 0 Å². The second-order valence-corrected chi connectivity index (χ2v) is 5.57. The van der Waals surface area contributed by atoms with Gasteiger partial charge in [0.2, 0.25) is 0 Å². The van der Waals surface area contributed by atoms with Crippen molar-refractivity contribution in [3.05, 3.63) is 57.4 Å². The van der Waals surface area contributed by atoms with Crippen LogP contribution in [-0.2, 0) is 6.54 Å². The van der Waals surface area contributed by atoms with Gasteiger partial charge in [-0.25, -0.2) is 0 Å². The minimum atomic E-state index is -0.444. The zero-order valence-corrected chi connectivity index (χ0v) is 12.2. The molecule has 22 heavy (non-hydrogen) atoms. The predicted molar refractivity (Wildman–Crippen MR) is 79.5 cm³/mol. The van der Waals surface area contributed by atoms with Crippen LogP contribution in [0.15, 0.2) is 30.3 Å². The van der Waals surface area contributed by atoms with Crippen molar-refractivity contribution in [1.29, 1.82) is 0 Å². The van der Waals surface area contributed by atoms with Crippen LogP contribution in [-0.4, -0.2) is 33.0 Å². The summed E-state index contributed by atoms with van der Waals surface area (Å²) in [7, 11) is 1.66. The number of nitrogens with zero attached hydrogens (tertiary/aromatic N) is 3. The van der Waals surface area contributed by atoms with E-state index in [1.807, 2.05) is 0 Å². The summed E-state index contributed by atoms with van der Waals surface area (Å²) >= 11 is 0. The maximum absolute atomic E-state index is 12.3. The lowest BCUT2D eigenvalue weighted by Gasteiger charge is -2.15. The highest BCUT2D eigenvalue weighted by Gasteiger charge is 2.27. The number of nitrogens with one attached hydrogen (secondary N) is 1. The fourth-order valence-electron chi connectivity index (χ4n) is 2.36. The molecule has 0 aliphatic heterocycles. The summed E-state index contributed by atoms with van der Waals surface area (Å²) in [5.41, 5.74) is 2.12. The molecule has 1 amide bonds. The fourth-order valence-corrected chi connectivity index (χ4v) is 2.36. The molecule has 0 spiro atoms. The first-order chi connectivity index (χ1) is 10.5. The predicted octanol–water partition coefficient (Wildman–Crippen LogP) is 2.47. The van der Waals surface area contributed by atoms with Gasteiger partial charge in [0.05, 0.1) is 4.92 Å². The number of amides is 1. The van der Waals surface area contributed by atoms with E-state index in [0.717, 1.165) is 18.5 Å². The van der Waals surface area contributed by atoms with Gasteiger partial charge in [-0.05, 0) is 24.5 Å². The van der Waals surface area contributed by atoms with Crippen molar-refractivity contribution >= 4 is 11.6 Å². The zero-order chi connectivity index (χ0) is 15.7. The first-order valence-electron chi connectivity index (χ1n) is 7.08. The van der Waals surface area contributed by atoms with Gasteiger partial charge in [0.25, 0.3) is 11.6 Å². The number of nitro benzene ring substituents is 1. The van der Waals surface area contributed by atoms with E-state index in [1.54, 1.807) is 25.2 Å². The van der Waals surface area contributed by atoms with Crippen LogP contribution in [0, 0.1) is 10.1 Å². The summed E-state index contributed by atoms with van der Waals surface area (Å²) in [5, 5.41) is 17.7. The number of carbonyl (C=O) groups excluding carboxylic acids is 1. The van der Waals surface area contributed by atoms with Crippen LogP contribution >= 0.6 is 0 Å². The Hall–Kier alpha value is -2.70. The van der Waals surface area contributed by atoms with Crippen molar-refractivity contribution in [2.45, 2.75) is 25.3 Å². The largest absolute Gasteiger partial charge is 0.336 e. The van der Waals surface area contributed by atoms with Gasteiger partial charge in [0.1, 0.15) is 5.69 Å². The Balaban J connectivity index is 1.69. The third kappa shape index (κ3) is 2.98. The first-order valence-corrected chi connectivity index (χ1v) is 7.08. The molecule has 1 aliphatic rings. The quantitative estimate of drug-likeness (QED) is 0.678. The molecule has 1 saturated carbocycles. The summed E-state index contributed by atoms with van der Waals surface area (Å²) in [6.07, 6.45) is 2.28. The van der Waals surface area contributed by atoms with Crippen molar-refractivity contribution < 1.29 is 9.72 Å². The lowest BCUT2D eigenvalue weighted by molar-refractivity contribution is -0.384. The molecule has 3 rings (SSSR count). The van der Waals surface area contributed by atoms with Gasteiger partial charge < -0.3 is 4.90 Å². The van der Waals surface area contributed by atoms with Crippen molar-refractivity contribution in [2.75, 3.05) is 7.05 Å². The number of nitro groups is 1. The van der Waals surface area contributed by atoms with E-state index < -0.39 is 4.92 Å². The van der Waals surface area contributed by atoms with Gasteiger partial charge in [0, 0.05) is 37.3 Å². The molecule has 7 heteroatoms. The molecule has 1 aliphatic carbocycles. The third-order valence-electron chi connectivity index (χ3n) is 3.72. The number of non-ortho nitro benzene ring substituents is 1. The number of rotatable bonds is 5. The van der Waals surface area contributed by atoms with E-state index >= 15 is 0 Å². The molecule has 0 unspecified atom stereocenters. The Bertz CT molecular complexity index is 721. The molecule has 114 valence electrons. The molecule has 1 aromatic heterocycles. The Morgan fingerprint density at radius 2 is 2.23 bits per heavy atom. The van der Waals surface area contributed by atoms with E-state index in [0.29, 0.717) is 23.7 Å². The first kappa shape index (κ1) is 14.2. The van der Waals surface area contributed by atoms with E-state index in [-0.39, 0.29) is 11.6 Å². The summed E-state index contributed by atoms with van der Waals surface area (Å²) in [5.74, 6) is 0.311. The minimum absolute atomic E-state index is 0.0224. The average molecular weight is 300 g/mol. The molecular formula is C15H16N4O3. The van der Waals surface area contributed by atoms with Gasteiger partial charge in [-0.1, -0.05) is 12.1 Å². The number of aromatic amines is 1. The maximum atomic E-state index is 12.3. The Labute approximate surface area is 127 Å². The smallest absolute Gasteiger partial charge is 0.274 e. The molecule has 0 saturated heterocycles. The molecule has 1 N–H and O–H groups in total. The SMILES string of the molecule is CN(Cc1cccc([N+](=O)[O-])c1)C(=O)c1cc(C2CC2)[nH]n1. The monoisotopic (exact) mass is 300 g/mol. The molecule has 7 nitrogen and oxygen atoms in total. The number of hydrogen-bond donors (Lipinski definition) is 1. The van der Waals surface area contributed by atoms with Gasteiger partial charge in [-0.15, -0.1) is 0 Å². The Kier molecular flexibility index (Phi) is 3.62. The van der Waals surface area contributed by atoms with Crippen LogP contribution in [0.4, 0.5) is 5.69 Å². The summed E-state index contributed by atoms with van der Waals surface area (Å²) < 4.78 is 0. The molecular weight excluding hydrogens is 284 g/mol. The topological polar surface area (TPSA) is 92.1 Å². The van der Waals surface area contributed by atoms with Crippen molar-refractivity contribution in [2.24, 2.45) is 0 Å². The summed E-state index contributed by atoms with van der Waals surface area (Å²) in [6.45, 7) is 0.298. The average Bonchev–Trinajstić information content (AvgIpc) is 3.24. The number of aromatic nitrogens is 2. The third-order valence-corrected chi connectivity index (χ3v) is 3.72. The Morgan fingerprint density at radius 3 is 2.91 bits per heavy atom. The number of H-pyrrole nitrogens is 1. The summed E-state index contributed by atoms with van der Waals surface area (Å²) in [4.78, 5) is 24.2. The van der Waals surface area contributed by atoms with Crippen LogP contribution < -0.4 is 0 Å². The second kappa shape index (κ2) is 5.59. The van der Waals surface area contributed by atoms with Crippen molar-refractivity contribution in [3.8, 4) is 0 Å². The van der Waals surface area contributed by atoms with E-state index in [4.69, 9.17) is 0 Å². The Morgan fingerprint density at radius 1 is 1.45 bits per heavy atom. The maximum Gasteiger partial charge on any atom is 0.274 e. The second-order valence-electron chi connectivity index (χ2n) is 5.57. The summed E-state index contributed by atoms with van der Waals surface area (Å²) in [6, 6.07) is 8.08. The number of hydrogen-bond acceptors (Lipinski definition) is 4. The fraction of sp³-hybridized carbons (Fsp3) is 0.333. The van der Waals surface area contributed by atoms with Gasteiger partial charge in [-0.3, -0.25) is 20.0 Å². The van der Waals surface area contributed by atoms with E-state index in [2.05, 4.69) is 10.2 Å². The lowest BCUT2D eigenvalue weighted by Crippen LogP contribution is -2.26. The zero-order valence-electron chi connectivity index (χ0n) is 12.2. The van der Waals surface area contributed by atoms with Crippen molar-refractivity contribution in [1.82, 2.24) is 15.1 Å². The molecule has 0 atom stereocenters. The van der Waals surface area contributed by atoms with Crippen LogP contribution in [0.3, 0.4) is 0 Å². The molecule has 1 fully saturated rings. The number of carbonyl (C=O) groups is 1. The van der Waals surface area contributed by atoms with Crippen LogP contribution in [0.25, 0.3) is 0 Å². The highest BCUT2D eigenvalue weighted by Crippen LogP contribution is 2.39. The molecule has 0 bridgehead atoms. The highest BCUT2D eigenvalue weighted by molar-refractivity contribution is 5.92. The molecule has 1 aromatic carbocycles. The standard InChI is InChI=1S/C15H16N4O3/c1-18(9-10-3-2-4-12(7-10)19(21)22)15(20)14-8-13(16-17-14)11-5-6-11/h2-4,7-8,11H,5-6,9H2,1H3,(H,16,17). The van der Waals surface area contributed by atoms with Crippen molar-refractivity contribution in [3.63, 3.8) is 0 Å². The van der Waals surface area contributed by atoms with Gasteiger partial charge in [0.15, 0.2) is 0 Å². The van der Waals surface area contributed by atoms with Crippen LogP contribution in [0.1, 0.15) is 40.5 Å². The van der Waals surface area contributed by atoms with Crippen LogP contribution in [0.2, 0.25) is 0 Å². The van der Waals surface area contributed by atoms with E-state index in [9.17, 15) is 14.9 Å².